The van der Waals surface area contributed by atoms with Gasteiger partial charge in [0.25, 0.3) is 0 Å². The summed E-state index contributed by atoms with van der Waals surface area (Å²) < 4.78 is 4.79. The molecule has 0 aliphatic heterocycles. The maximum absolute atomic E-state index is 4.79. The smallest absolute Gasteiger partial charge is 0.321 e. The Morgan fingerprint density at radius 2 is 2.40 bits per heavy atom. The highest BCUT2D eigenvalue weighted by molar-refractivity contribution is 5.16. The van der Waals surface area contributed by atoms with Gasteiger partial charge in [0.2, 0.25) is 0 Å². The molecule has 0 atom stereocenters. The molecule has 0 saturated heterocycles. The summed E-state index contributed by atoms with van der Waals surface area (Å²) in [5.74, 6) is 0.665. The molecule has 4 nitrogen and oxygen atoms in total. The van der Waals surface area contributed by atoms with Crippen LogP contribution in [0.3, 0.4) is 0 Å². The third-order valence-electron chi connectivity index (χ3n) is 1.05. The Morgan fingerprint density at radius 3 is 2.90 bits per heavy atom. The highest BCUT2D eigenvalue weighted by atomic mass is 16.5. The fourth-order valence-corrected chi connectivity index (χ4v) is 0.601. The molecule has 0 aliphatic rings. The van der Waals surface area contributed by atoms with Gasteiger partial charge in [0.1, 0.15) is 0 Å². The van der Waals surface area contributed by atoms with Gasteiger partial charge in [-0.2, -0.15) is 4.98 Å². The van der Waals surface area contributed by atoms with Gasteiger partial charge in [0, 0.05) is 6.54 Å². The lowest BCUT2D eigenvalue weighted by Gasteiger charge is -1.93. The van der Waals surface area contributed by atoms with E-state index in [1.165, 1.54) is 0 Å². The van der Waals surface area contributed by atoms with Crippen LogP contribution in [0.4, 0.5) is 6.01 Å². The molecule has 0 amide bonds. The molecule has 1 heterocycles. The van der Waals surface area contributed by atoms with Crippen LogP contribution in [0.1, 0.15) is 19.2 Å². The van der Waals surface area contributed by atoms with E-state index in [4.69, 9.17) is 4.52 Å². The van der Waals surface area contributed by atoms with E-state index >= 15 is 0 Å². The van der Waals surface area contributed by atoms with Crippen molar-refractivity contribution < 1.29 is 4.52 Å². The van der Waals surface area contributed by atoms with Crippen LogP contribution in [-0.4, -0.2) is 16.7 Å². The van der Waals surface area contributed by atoms with Crippen LogP contribution < -0.4 is 5.32 Å². The van der Waals surface area contributed by atoms with Crippen molar-refractivity contribution in [2.45, 2.75) is 20.3 Å². The number of aromatic nitrogens is 2. The van der Waals surface area contributed by atoms with E-state index < -0.39 is 0 Å². The number of hydrogen-bond donors (Lipinski definition) is 1. The van der Waals surface area contributed by atoms with Crippen molar-refractivity contribution in [2.24, 2.45) is 0 Å². The standard InChI is InChI=1S/C6H11N3O/c1-3-4-7-6-8-5(2)9-10-6/h3-4H2,1-2H3,(H,7,8,9). The molecule has 0 aliphatic carbocycles. The summed E-state index contributed by atoms with van der Waals surface area (Å²) in [6, 6.07) is 0.513. The number of aryl methyl sites for hydroxylation is 1. The minimum absolute atomic E-state index is 0.513. The Bertz CT molecular complexity index is 197. The van der Waals surface area contributed by atoms with Gasteiger partial charge in [-0.25, -0.2) is 0 Å². The van der Waals surface area contributed by atoms with Gasteiger partial charge in [-0.3, -0.25) is 0 Å². The van der Waals surface area contributed by atoms with Crippen LogP contribution in [0.2, 0.25) is 0 Å². The first-order chi connectivity index (χ1) is 4.83. The van der Waals surface area contributed by atoms with Crippen LogP contribution in [0.5, 0.6) is 0 Å². The monoisotopic (exact) mass is 141 g/mol. The zero-order valence-electron chi connectivity index (χ0n) is 6.22. The van der Waals surface area contributed by atoms with E-state index in [1.54, 1.807) is 6.92 Å². The number of hydrogen-bond acceptors (Lipinski definition) is 4. The maximum Gasteiger partial charge on any atom is 0.321 e. The Balaban J connectivity index is 2.42. The summed E-state index contributed by atoms with van der Waals surface area (Å²) in [6.45, 7) is 4.75. The van der Waals surface area contributed by atoms with Gasteiger partial charge in [0.15, 0.2) is 5.82 Å². The minimum Gasteiger partial charge on any atom is -0.338 e. The Labute approximate surface area is 59.6 Å². The lowest BCUT2D eigenvalue weighted by atomic mass is 10.5. The molecule has 1 rings (SSSR count). The normalized spacial score (nSPS) is 9.80. The van der Waals surface area contributed by atoms with Gasteiger partial charge >= 0.3 is 6.01 Å². The predicted molar refractivity (Wildman–Crippen MR) is 37.8 cm³/mol. The van der Waals surface area contributed by atoms with E-state index in [1.807, 2.05) is 0 Å². The van der Waals surface area contributed by atoms with Crippen molar-refractivity contribution >= 4 is 6.01 Å². The average Bonchev–Trinajstić information content (AvgIpc) is 2.31. The SMILES string of the molecule is CCCNc1nc(C)no1. The van der Waals surface area contributed by atoms with Gasteiger partial charge < -0.3 is 9.84 Å². The molecule has 10 heavy (non-hydrogen) atoms. The highest BCUT2D eigenvalue weighted by Crippen LogP contribution is 2.00. The Hall–Kier alpha value is -1.06. The van der Waals surface area contributed by atoms with Gasteiger partial charge in [0.05, 0.1) is 0 Å². The van der Waals surface area contributed by atoms with Gasteiger partial charge in [-0.15, -0.1) is 0 Å². The first kappa shape index (κ1) is 7.05. The van der Waals surface area contributed by atoms with Crippen LogP contribution in [0, 0.1) is 6.92 Å². The van der Waals surface area contributed by atoms with Crippen molar-refractivity contribution in [2.75, 3.05) is 11.9 Å². The summed E-state index contributed by atoms with van der Waals surface area (Å²) in [6.07, 6.45) is 1.06. The molecule has 1 aromatic heterocycles. The zero-order chi connectivity index (χ0) is 7.40. The molecule has 0 saturated carbocycles. The summed E-state index contributed by atoms with van der Waals surface area (Å²) in [5.41, 5.74) is 0. The highest BCUT2D eigenvalue weighted by Gasteiger charge is 1.97. The third-order valence-corrected chi connectivity index (χ3v) is 1.05. The fraction of sp³-hybridized carbons (Fsp3) is 0.667. The summed E-state index contributed by atoms with van der Waals surface area (Å²) >= 11 is 0. The molecule has 4 heteroatoms. The van der Waals surface area contributed by atoms with E-state index in [0.29, 0.717) is 11.8 Å². The van der Waals surface area contributed by atoms with Crippen LogP contribution in [0.25, 0.3) is 0 Å². The number of rotatable bonds is 3. The van der Waals surface area contributed by atoms with Crippen LogP contribution in [-0.2, 0) is 0 Å². The Morgan fingerprint density at radius 1 is 1.60 bits per heavy atom. The van der Waals surface area contributed by atoms with Crippen molar-refractivity contribution in [3.8, 4) is 0 Å². The van der Waals surface area contributed by atoms with Crippen LogP contribution in [0.15, 0.2) is 4.52 Å². The second-order valence-electron chi connectivity index (χ2n) is 2.07. The molecule has 1 aromatic rings. The van der Waals surface area contributed by atoms with Crippen LogP contribution >= 0.6 is 0 Å². The number of anilines is 1. The van der Waals surface area contributed by atoms with Gasteiger partial charge in [-0.05, 0) is 13.3 Å². The molecule has 0 bridgehead atoms. The lowest BCUT2D eigenvalue weighted by molar-refractivity contribution is 0.425. The molecule has 0 aromatic carbocycles. The second-order valence-corrected chi connectivity index (χ2v) is 2.07. The van der Waals surface area contributed by atoms with E-state index in [9.17, 15) is 0 Å². The van der Waals surface area contributed by atoms with E-state index in [-0.39, 0.29) is 0 Å². The van der Waals surface area contributed by atoms with Crippen molar-refractivity contribution in [3.05, 3.63) is 5.82 Å². The summed E-state index contributed by atoms with van der Waals surface area (Å²) in [7, 11) is 0. The summed E-state index contributed by atoms with van der Waals surface area (Å²) in [4.78, 5) is 3.96. The van der Waals surface area contributed by atoms with Crippen molar-refractivity contribution in [1.29, 1.82) is 0 Å². The predicted octanol–water partition coefficient (Wildman–Crippen LogP) is 1.20. The first-order valence-corrected chi connectivity index (χ1v) is 3.37. The molecule has 0 unspecified atom stereocenters. The zero-order valence-corrected chi connectivity index (χ0v) is 6.22. The molecule has 0 fully saturated rings. The third kappa shape index (κ3) is 1.72. The maximum atomic E-state index is 4.79. The largest absolute Gasteiger partial charge is 0.338 e. The fourth-order valence-electron chi connectivity index (χ4n) is 0.601. The first-order valence-electron chi connectivity index (χ1n) is 3.37. The van der Waals surface area contributed by atoms with E-state index in [0.717, 1.165) is 13.0 Å². The molecule has 0 spiro atoms. The molecule has 1 N–H and O–H groups in total. The van der Waals surface area contributed by atoms with Crippen molar-refractivity contribution in [1.82, 2.24) is 10.1 Å². The molecule has 56 valence electrons. The number of nitrogens with zero attached hydrogens (tertiary/aromatic N) is 2. The summed E-state index contributed by atoms with van der Waals surface area (Å²) in [5, 5.41) is 6.60. The topological polar surface area (TPSA) is 51.0 Å². The second kappa shape index (κ2) is 3.20. The minimum atomic E-state index is 0.513. The quantitative estimate of drug-likeness (QED) is 0.687. The van der Waals surface area contributed by atoms with Gasteiger partial charge in [-0.1, -0.05) is 12.1 Å². The van der Waals surface area contributed by atoms with E-state index in [2.05, 4.69) is 22.4 Å². The average molecular weight is 141 g/mol. The molecular weight excluding hydrogens is 130 g/mol. The Kier molecular flexibility index (Phi) is 2.25. The lowest BCUT2D eigenvalue weighted by Crippen LogP contribution is -1.99. The molecule has 0 radical (unpaired) electrons. The molecular formula is C6H11N3O. The number of nitrogens with one attached hydrogen (secondary N) is 1. The van der Waals surface area contributed by atoms with Crippen molar-refractivity contribution in [3.63, 3.8) is 0 Å².